The van der Waals surface area contributed by atoms with Gasteiger partial charge >= 0.3 is 0 Å². The van der Waals surface area contributed by atoms with Gasteiger partial charge in [-0.3, -0.25) is 4.79 Å². The normalized spacial score (nSPS) is 12.5. The summed E-state index contributed by atoms with van der Waals surface area (Å²) >= 11 is 1.61. The predicted octanol–water partition coefficient (Wildman–Crippen LogP) is 4.26. The van der Waals surface area contributed by atoms with Crippen molar-refractivity contribution in [2.45, 2.75) is 33.2 Å². The van der Waals surface area contributed by atoms with Gasteiger partial charge in [0.2, 0.25) is 5.91 Å². The van der Waals surface area contributed by atoms with Crippen LogP contribution in [0.4, 0.5) is 8.78 Å². The Bertz CT molecular complexity index is 479. The molecule has 1 aromatic rings. The number of hydrogen-bond donors (Lipinski definition) is 0. The van der Waals surface area contributed by atoms with Crippen LogP contribution in [-0.2, 0) is 4.79 Å². The average molecular weight is 315 g/mol. The van der Waals surface area contributed by atoms with E-state index in [4.69, 9.17) is 0 Å². The summed E-state index contributed by atoms with van der Waals surface area (Å²) in [5.74, 6) is 0.247. The topological polar surface area (TPSA) is 20.3 Å². The van der Waals surface area contributed by atoms with Gasteiger partial charge in [-0.05, 0) is 42.7 Å². The summed E-state index contributed by atoms with van der Waals surface area (Å²) in [6.45, 7) is 6.11. The molecule has 1 aromatic carbocycles. The van der Waals surface area contributed by atoms with Crippen LogP contribution in [0.3, 0.4) is 0 Å². The molecule has 0 heterocycles. The molecule has 118 valence electrons. The highest BCUT2D eigenvalue weighted by atomic mass is 32.2. The van der Waals surface area contributed by atoms with Gasteiger partial charge < -0.3 is 4.90 Å². The number of carbonyl (C=O) groups excluding carboxylic acids is 1. The first-order valence-electron chi connectivity index (χ1n) is 7.11. The Morgan fingerprint density at radius 3 is 2.48 bits per heavy atom. The predicted molar refractivity (Wildman–Crippen MR) is 84.3 cm³/mol. The number of hydrogen-bond acceptors (Lipinski definition) is 2. The van der Waals surface area contributed by atoms with Crippen molar-refractivity contribution in [3.05, 3.63) is 35.4 Å². The van der Waals surface area contributed by atoms with Crippen LogP contribution in [0.1, 0.15) is 38.8 Å². The number of rotatable bonds is 7. The lowest BCUT2D eigenvalue weighted by molar-refractivity contribution is -0.128. The summed E-state index contributed by atoms with van der Waals surface area (Å²) in [6.07, 6.45) is 1.08. The van der Waals surface area contributed by atoms with Gasteiger partial charge in [0, 0.05) is 7.05 Å². The maximum absolute atomic E-state index is 13.2. The van der Waals surface area contributed by atoms with E-state index >= 15 is 0 Å². The van der Waals surface area contributed by atoms with Crippen LogP contribution < -0.4 is 0 Å². The summed E-state index contributed by atoms with van der Waals surface area (Å²) in [5.41, 5.74) is 0.594. The minimum Gasteiger partial charge on any atom is -0.338 e. The molecule has 1 unspecified atom stereocenters. The molecule has 2 nitrogen and oxygen atoms in total. The fourth-order valence-electron chi connectivity index (χ4n) is 1.79. The molecule has 0 aromatic heterocycles. The zero-order valence-corrected chi connectivity index (χ0v) is 13.8. The Morgan fingerprint density at radius 2 is 1.90 bits per heavy atom. The molecule has 21 heavy (non-hydrogen) atoms. The first-order valence-corrected chi connectivity index (χ1v) is 8.26. The molecule has 1 atom stereocenters. The molecule has 0 aliphatic rings. The molecular formula is C16H23F2NOS. The standard InChI is InChI=1S/C16H23F2NOS/c1-11(2)7-8-21-10-16(20)19(4)12(3)13-5-6-14(17)15(18)9-13/h5-6,9,11-12H,7-8,10H2,1-4H3. The van der Waals surface area contributed by atoms with Crippen molar-refractivity contribution < 1.29 is 13.6 Å². The van der Waals surface area contributed by atoms with E-state index in [9.17, 15) is 13.6 Å². The van der Waals surface area contributed by atoms with E-state index in [1.165, 1.54) is 6.07 Å². The lowest BCUT2D eigenvalue weighted by atomic mass is 10.1. The maximum atomic E-state index is 13.2. The highest BCUT2D eigenvalue weighted by Crippen LogP contribution is 2.22. The Labute approximate surface area is 129 Å². The average Bonchev–Trinajstić information content (AvgIpc) is 2.44. The van der Waals surface area contributed by atoms with Crippen LogP contribution in [-0.4, -0.2) is 29.4 Å². The van der Waals surface area contributed by atoms with Gasteiger partial charge in [-0.1, -0.05) is 19.9 Å². The van der Waals surface area contributed by atoms with Crippen LogP contribution in [0.25, 0.3) is 0 Å². The van der Waals surface area contributed by atoms with Crippen molar-refractivity contribution in [3.8, 4) is 0 Å². The first kappa shape index (κ1) is 18.0. The summed E-state index contributed by atoms with van der Waals surface area (Å²) in [4.78, 5) is 13.7. The van der Waals surface area contributed by atoms with Gasteiger partial charge in [0.15, 0.2) is 11.6 Å². The molecule has 1 amide bonds. The molecule has 0 saturated carbocycles. The lowest BCUT2D eigenvalue weighted by Crippen LogP contribution is -2.31. The molecule has 0 spiro atoms. The largest absolute Gasteiger partial charge is 0.338 e. The summed E-state index contributed by atoms with van der Waals surface area (Å²) in [6, 6.07) is 3.48. The van der Waals surface area contributed by atoms with Gasteiger partial charge in [-0.2, -0.15) is 11.8 Å². The third-order valence-electron chi connectivity index (χ3n) is 3.47. The molecular weight excluding hydrogens is 292 g/mol. The Hall–Kier alpha value is -1.10. The van der Waals surface area contributed by atoms with Gasteiger partial charge in [-0.15, -0.1) is 0 Å². The van der Waals surface area contributed by atoms with Gasteiger partial charge in [0.1, 0.15) is 0 Å². The first-order chi connectivity index (χ1) is 9.82. The SMILES string of the molecule is CC(C)CCSCC(=O)N(C)C(C)c1ccc(F)c(F)c1. The van der Waals surface area contributed by atoms with E-state index in [1.807, 2.05) is 6.92 Å². The Kier molecular flexibility index (Phi) is 7.15. The second-order valence-corrected chi connectivity index (χ2v) is 6.69. The molecule has 0 saturated heterocycles. The minimum atomic E-state index is -0.883. The van der Waals surface area contributed by atoms with Crippen LogP contribution in [0.2, 0.25) is 0 Å². The zero-order chi connectivity index (χ0) is 16.0. The highest BCUT2D eigenvalue weighted by molar-refractivity contribution is 7.99. The smallest absolute Gasteiger partial charge is 0.232 e. The minimum absolute atomic E-state index is 0.000916. The van der Waals surface area contributed by atoms with E-state index in [1.54, 1.807) is 23.7 Å². The Balaban J connectivity index is 2.54. The third kappa shape index (κ3) is 5.65. The molecule has 0 radical (unpaired) electrons. The quantitative estimate of drug-likeness (QED) is 0.701. The van der Waals surface area contributed by atoms with Crippen molar-refractivity contribution >= 4 is 17.7 Å². The van der Waals surface area contributed by atoms with Crippen molar-refractivity contribution in [2.24, 2.45) is 5.92 Å². The van der Waals surface area contributed by atoms with Crippen LogP contribution in [0.5, 0.6) is 0 Å². The lowest BCUT2D eigenvalue weighted by Gasteiger charge is -2.25. The fraction of sp³-hybridized carbons (Fsp3) is 0.562. The molecule has 1 rings (SSSR count). The van der Waals surface area contributed by atoms with Crippen LogP contribution in [0, 0.1) is 17.6 Å². The van der Waals surface area contributed by atoms with Crippen LogP contribution >= 0.6 is 11.8 Å². The second kappa shape index (κ2) is 8.37. The second-order valence-electron chi connectivity index (χ2n) is 5.59. The number of benzene rings is 1. The van der Waals surface area contributed by atoms with Crippen molar-refractivity contribution in [1.29, 1.82) is 0 Å². The summed E-state index contributed by atoms with van der Waals surface area (Å²) < 4.78 is 26.2. The fourth-order valence-corrected chi connectivity index (χ4v) is 2.95. The summed E-state index contributed by atoms with van der Waals surface area (Å²) in [5, 5.41) is 0. The molecule has 0 aliphatic carbocycles. The van der Waals surface area contributed by atoms with Gasteiger partial charge in [0.25, 0.3) is 0 Å². The van der Waals surface area contributed by atoms with Crippen molar-refractivity contribution in [1.82, 2.24) is 4.90 Å². The van der Waals surface area contributed by atoms with Crippen molar-refractivity contribution in [3.63, 3.8) is 0 Å². The number of amides is 1. The van der Waals surface area contributed by atoms with E-state index in [0.29, 0.717) is 17.2 Å². The highest BCUT2D eigenvalue weighted by Gasteiger charge is 2.18. The Morgan fingerprint density at radius 1 is 1.24 bits per heavy atom. The monoisotopic (exact) mass is 315 g/mol. The number of nitrogens with zero attached hydrogens (tertiary/aromatic N) is 1. The van der Waals surface area contributed by atoms with Gasteiger partial charge in [-0.25, -0.2) is 8.78 Å². The number of thioether (sulfide) groups is 1. The van der Waals surface area contributed by atoms with E-state index < -0.39 is 11.6 Å². The number of carbonyl (C=O) groups is 1. The number of halogens is 2. The summed E-state index contributed by atoms with van der Waals surface area (Å²) in [7, 11) is 1.69. The van der Waals surface area contributed by atoms with E-state index in [0.717, 1.165) is 24.3 Å². The van der Waals surface area contributed by atoms with Crippen molar-refractivity contribution in [2.75, 3.05) is 18.6 Å². The zero-order valence-electron chi connectivity index (χ0n) is 13.0. The third-order valence-corrected chi connectivity index (χ3v) is 4.44. The maximum Gasteiger partial charge on any atom is 0.232 e. The van der Waals surface area contributed by atoms with Gasteiger partial charge in [0.05, 0.1) is 11.8 Å². The van der Waals surface area contributed by atoms with E-state index in [2.05, 4.69) is 13.8 Å². The molecule has 0 fully saturated rings. The molecule has 0 bridgehead atoms. The van der Waals surface area contributed by atoms with Crippen LogP contribution in [0.15, 0.2) is 18.2 Å². The van der Waals surface area contributed by atoms with E-state index in [-0.39, 0.29) is 11.9 Å². The molecule has 0 N–H and O–H groups in total. The molecule has 0 aliphatic heterocycles. The molecule has 5 heteroatoms.